The Kier molecular flexibility index (Phi) is 5.72. The Labute approximate surface area is 162 Å². The van der Waals surface area contributed by atoms with Crippen LogP contribution in [0.1, 0.15) is 18.4 Å². The third-order valence-corrected chi connectivity index (χ3v) is 4.59. The number of ether oxygens (including phenoxy) is 3. The van der Waals surface area contributed by atoms with E-state index in [0.29, 0.717) is 16.9 Å². The Hall–Kier alpha value is -3.83. The van der Waals surface area contributed by atoms with Crippen LogP contribution in [0, 0.1) is 44.8 Å². The van der Waals surface area contributed by atoms with Gasteiger partial charge in [0.05, 0.1) is 31.2 Å². The van der Waals surface area contributed by atoms with E-state index in [1.165, 1.54) is 6.92 Å². The SMILES string of the molecule is C=C(C)C(=O)OCCOc1ccc(C2C(C#N)(C#N)C2(C#N)C(=O)OC)cc1. The highest BCUT2D eigenvalue weighted by Gasteiger charge is 2.85. The Morgan fingerprint density at radius 1 is 1.11 bits per heavy atom. The second-order valence-electron chi connectivity index (χ2n) is 6.21. The van der Waals surface area contributed by atoms with Crippen LogP contribution in [0.2, 0.25) is 0 Å². The van der Waals surface area contributed by atoms with Crippen LogP contribution < -0.4 is 4.74 Å². The first kappa shape index (κ1) is 20.5. The van der Waals surface area contributed by atoms with E-state index < -0.39 is 28.7 Å². The molecule has 1 fully saturated rings. The molecule has 0 N–H and O–H groups in total. The molecule has 0 aromatic heterocycles. The number of nitriles is 3. The Morgan fingerprint density at radius 2 is 1.71 bits per heavy atom. The van der Waals surface area contributed by atoms with E-state index >= 15 is 0 Å². The van der Waals surface area contributed by atoms with Gasteiger partial charge >= 0.3 is 11.9 Å². The summed E-state index contributed by atoms with van der Waals surface area (Å²) >= 11 is 0. The van der Waals surface area contributed by atoms with Crippen molar-refractivity contribution < 1.29 is 23.8 Å². The lowest BCUT2D eigenvalue weighted by Crippen LogP contribution is -2.22. The van der Waals surface area contributed by atoms with Crippen molar-refractivity contribution >= 4 is 11.9 Å². The molecule has 2 atom stereocenters. The summed E-state index contributed by atoms with van der Waals surface area (Å²) in [7, 11) is 1.11. The first-order valence-electron chi connectivity index (χ1n) is 8.22. The van der Waals surface area contributed by atoms with Crippen LogP contribution in [0.4, 0.5) is 0 Å². The quantitative estimate of drug-likeness (QED) is 0.399. The smallest absolute Gasteiger partial charge is 0.333 e. The largest absolute Gasteiger partial charge is 0.490 e. The second-order valence-corrected chi connectivity index (χ2v) is 6.21. The van der Waals surface area contributed by atoms with Gasteiger partial charge in [-0.25, -0.2) is 4.79 Å². The van der Waals surface area contributed by atoms with Gasteiger partial charge in [-0.15, -0.1) is 0 Å². The molecular weight excluding hydrogens is 362 g/mol. The van der Waals surface area contributed by atoms with Crippen molar-refractivity contribution in [1.82, 2.24) is 0 Å². The zero-order chi connectivity index (χ0) is 20.9. The molecule has 28 heavy (non-hydrogen) atoms. The maximum Gasteiger partial charge on any atom is 0.333 e. The fraction of sp³-hybridized carbons (Fsp3) is 0.350. The number of carbonyl (C=O) groups excluding carboxylic acids is 2. The molecule has 0 saturated heterocycles. The van der Waals surface area contributed by atoms with Crippen molar-refractivity contribution in [3.05, 3.63) is 42.0 Å². The van der Waals surface area contributed by atoms with Crippen molar-refractivity contribution in [2.24, 2.45) is 10.8 Å². The van der Waals surface area contributed by atoms with Gasteiger partial charge in [0.25, 0.3) is 0 Å². The highest BCUT2D eigenvalue weighted by atomic mass is 16.6. The molecule has 2 unspecified atom stereocenters. The highest BCUT2D eigenvalue weighted by Crippen LogP contribution is 2.74. The fourth-order valence-corrected chi connectivity index (χ4v) is 3.12. The van der Waals surface area contributed by atoms with E-state index in [2.05, 4.69) is 11.3 Å². The number of benzene rings is 1. The van der Waals surface area contributed by atoms with Crippen molar-refractivity contribution in [3.8, 4) is 24.0 Å². The Balaban J connectivity index is 2.13. The average Bonchev–Trinajstić information content (AvgIpc) is 3.34. The monoisotopic (exact) mass is 379 g/mol. The molecule has 2 rings (SSSR count). The molecule has 0 bridgehead atoms. The summed E-state index contributed by atoms with van der Waals surface area (Å²) in [6.45, 7) is 5.17. The number of hydrogen-bond donors (Lipinski definition) is 0. The van der Waals surface area contributed by atoms with Gasteiger partial charge < -0.3 is 14.2 Å². The van der Waals surface area contributed by atoms with E-state index in [0.717, 1.165) is 7.11 Å². The molecule has 1 saturated carbocycles. The van der Waals surface area contributed by atoms with Gasteiger partial charge in [0.1, 0.15) is 19.0 Å². The lowest BCUT2D eigenvalue weighted by Gasteiger charge is -2.08. The van der Waals surface area contributed by atoms with Crippen molar-refractivity contribution in [2.75, 3.05) is 20.3 Å². The lowest BCUT2D eigenvalue weighted by molar-refractivity contribution is -0.145. The predicted octanol–water partition coefficient (Wildman–Crippen LogP) is 2.00. The zero-order valence-corrected chi connectivity index (χ0v) is 15.4. The third kappa shape index (κ3) is 3.04. The summed E-state index contributed by atoms with van der Waals surface area (Å²) in [5.41, 5.74) is -2.92. The summed E-state index contributed by atoms with van der Waals surface area (Å²) in [5, 5.41) is 28.5. The molecule has 1 aliphatic carbocycles. The normalized spacial score (nSPS) is 21.2. The third-order valence-electron chi connectivity index (χ3n) is 4.59. The Bertz CT molecular complexity index is 919. The molecular formula is C20H17N3O5. The molecule has 0 aliphatic heterocycles. The van der Waals surface area contributed by atoms with Crippen LogP contribution in [0.3, 0.4) is 0 Å². The number of rotatable bonds is 7. The average molecular weight is 379 g/mol. The van der Waals surface area contributed by atoms with E-state index in [1.54, 1.807) is 24.3 Å². The lowest BCUT2D eigenvalue weighted by atomic mass is 9.97. The van der Waals surface area contributed by atoms with E-state index in [-0.39, 0.29) is 13.2 Å². The number of nitrogens with zero attached hydrogens (tertiary/aromatic N) is 3. The van der Waals surface area contributed by atoms with Gasteiger partial charge in [-0.2, -0.15) is 15.8 Å². The van der Waals surface area contributed by atoms with Crippen molar-refractivity contribution in [2.45, 2.75) is 12.8 Å². The molecule has 1 aliphatic rings. The molecule has 0 radical (unpaired) electrons. The summed E-state index contributed by atoms with van der Waals surface area (Å²) in [4.78, 5) is 23.4. The van der Waals surface area contributed by atoms with Crippen LogP contribution in [0.5, 0.6) is 5.75 Å². The summed E-state index contributed by atoms with van der Waals surface area (Å²) in [6.07, 6.45) is 0. The number of methoxy groups -OCH3 is 1. The van der Waals surface area contributed by atoms with E-state index in [1.807, 2.05) is 18.2 Å². The van der Waals surface area contributed by atoms with Crippen LogP contribution in [0.25, 0.3) is 0 Å². The van der Waals surface area contributed by atoms with E-state index in [9.17, 15) is 25.4 Å². The van der Waals surface area contributed by atoms with Crippen LogP contribution >= 0.6 is 0 Å². The van der Waals surface area contributed by atoms with Gasteiger partial charge in [-0.1, -0.05) is 18.7 Å². The second kappa shape index (κ2) is 7.82. The maximum absolute atomic E-state index is 12.2. The molecule has 0 heterocycles. The molecule has 0 spiro atoms. The van der Waals surface area contributed by atoms with Crippen LogP contribution in [-0.2, 0) is 19.1 Å². The molecule has 8 heteroatoms. The first-order valence-corrected chi connectivity index (χ1v) is 8.22. The van der Waals surface area contributed by atoms with Gasteiger partial charge in [0, 0.05) is 5.57 Å². The maximum atomic E-state index is 12.2. The molecule has 142 valence electrons. The Morgan fingerprint density at radius 3 is 2.18 bits per heavy atom. The molecule has 1 aromatic rings. The van der Waals surface area contributed by atoms with Gasteiger partial charge in [-0.3, -0.25) is 4.79 Å². The minimum Gasteiger partial charge on any atom is -0.490 e. The van der Waals surface area contributed by atoms with Crippen molar-refractivity contribution in [1.29, 1.82) is 15.8 Å². The number of carbonyl (C=O) groups is 2. The summed E-state index contributed by atoms with van der Waals surface area (Å²) in [6, 6.07) is 11.7. The van der Waals surface area contributed by atoms with Gasteiger partial charge in [0.15, 0.2) is 10.8 Å². The summed E-state index contributed by atoms with van der Waals surface area (Å²) in [5.74, 6) is -1.90. The topological polar surface area (TPSA) is 133 Å². The van der Waals surface area contributed by atoms with Crippen LogP contribution in [-0.4, -0.2) is 32.3 Å². The molecule has 0 amide bonds. The predicted molar refractivity (Wildman–Crippen MR) is 94.2 cm³/mol. The number of hydrogen-bond acceptors (Lipinski definition) is 8. The first-order chi connectivity index (χ1) is 13.3. The highest BCUT2D eigenvalue weighted by molar-refractivity contribution is 5.91. The number of esters is 2. The standard InChI is InChI=1S/C20H17N3O5/c1-13(2)17(24)28-9-8-27-15-6-4-14(5-7-15)16-19(10-21,11-22)20(16,12-23)18(25)26-3/h4-7,16H,1,8-9H2,2-3H3. The minimum atomic E-state index is -1.87. The van der Waals surface area contributed by atoms with Crippen molar-refractivity contribution in [3.63, 3.8) is 0 Å². The zero-order valence-electron chi connectivity index (χ0n) is 15.4. The van der Waals surface area contributed by atoms with Crippen LogP contribution in [0.15, 0.2) is 36.4 Å². The minimum absolute atomic E-state index is 0.0436. The molecule has 8 nitrogen and oxygen atoms in total. The van der Waals surface area contributed by atoms with Gasteiger partial charge in [-0.05, 0) is 24.6 Å². The summed E-state index contributed by atoms with van der Waals surface area (Å²) < 4.78 is 15.0. The van der Waals surface area contributed by atoms with E-state index in [4.69, 9.17) is 9.47 Å². The fourth-order valence-electron chi connectivity index (χ4n) is 3.12. The van der Waals surface area contributed by atoms with Gasteiger partial charge in [0.2, 0.25) is 0 Å². The molecule has 1 aromatic carbocycles.